The lowest BCUT2D eigenvalue weighted by Gasteiger charge is -2.22. The average Bonchev–Trinajstić information content (AvgIpc) is 3.04. The van der Waals surface area contributed by atoms with Crippen molar-refractivity contribution in [2.75, 3.05) is 20.8 Å². The molecule has 118 valence electrons. The fourth-order valence-electron chi connectivity index (χ4n) is 2.96. The number of rotatable bonds is 8. The maximum absolute atomic E-state index is 5.75. The van der Waals surface area contributed by atoms with Crippen LogP contribution in [0.3, 0.4) is 0 Å². The average molecular weight is 294 g/mol. The highest BCUT2D eigenvalue weighted by molar-refractivity contribution is 5.46. The zero-order valence-corrected chi connectivity index (χ0v) is 12.9. The van der Waals surface area contributed by atoms with E-state index in [1.54, 1.807) is 14.2 Å². The number of hydrazine groups is 1. The molecule has 2 atom stereocenters. The van der Waals surface area contributed by atoms with Crippen molar-refractivity contribution < 1.29 is 14.2 Å². The summed E-state index contributed by atoms with van der Waals surface area (Å²) in [6.45, 7) is 0.906. The van der Waals surface area contributed by atoms with Crippen LogP contribution in [-0.2, 0) is 4.74 Å². The van der Waals surface area contributed by atoms with Crippen LogP contribution in [0.4, 0.5) is 0 Å². The summed E-state index contributed by atoms with van der Waals surface area (Å²) in [5.74, 6) is 7.35. The lowest BCUT2D eigenvalue weighted by Crippen LogP contribution is -2.29. The van der Waals surface area contributed by atoms with Gasteiger partial charge in [-0.2, -0.15) is 0 Å². The second kappa shape index (κ2) is 8.22. The summed E-state index contributed by atoms with van der Waals surface area (Å²) in [6.07, 6.45) is 5.84. The van der Waals surface area contributed by atoms with Crippen molar-refractivity contribution in [3.8, 4) is 11.5 Å². The van der Waals surface area contributed by atoms with Crippen molar-refractivity contribution >= 4 is 0 Å². The maximum atomic E-state index is 5.75. The summed E-state index contributed by atoms with van der Waals surface area (Å²) in [7, 11) is 3.33. The highest BCUT2D eigenvalue weighted by Crippen LogP contribution is 2.36. The number of nitrogens with one attached hydrogen (secondary N) is 1. The van der Waals surface area contributed by atoms with Gasteiger partial charge in [-0.3, -0.25) is 11.3 Å². The summed E-state index contributed by atoms with van der Waals surface area (Å²) < 4.78 is 16.6. The van der Waals surface area contributed by atoms with Crippen LogP contribution in [0.25, 0.3) is 0 Å². The molecule has 1 heterocycles. The number of hydrogen-bond donors (Lipinski definition) is 2. The molecule has 0 aliphatic carbocycles. The number of ether oxygens (including phenoxy) is 3. The van der Waals surface area contributed by atoms with Gasteiger partial charge < -0.3 is 14.2 Å². The van der Waals surface area contributed by atoms with Crippen molar-refractivity contribution in [1.29, 1.82) is 0 Å². The number of benzene rings is 1. The predicted octanol–water partition coefficient (Wildman–Crippen LogP) is 2.56. The molecule has 1 aromatic rings. The molecule has 2 rings (SSSR count). The summed E-state index contributed by atoms with van der Waals surface area (Å²) in [5, 5.41) is 0. The van der Waals surface area contributed by atoms with Crippen molar-refractivity contribution in [2.45, 2.75) is 44.2 Å². The van der Waals surface area contributed by atoms with Gasteiger partial charge in [0.25, 0.3) is 0 Å². The highest BCUT2D eigenvalue weighted by Gasteiger charge is 2.21. The van der Waals surface area contributed by atoms with Gasteiger partial charge in [0.15, 0.2) is 0 Å². The van der Waals surface area contributed by atoms with Crippen molar-refractivity contribution in [2.24, 2.45) is 5.84 Å². The van der Waals surface area contributed by atoms with E-state index in [4.69, 9.17) is 20.1 Å². The van der Waals surface area contributed by atoms with Gasteiger partial charge in [-0.15, -0.1) is 0 Å². The third-order valence-electron chi connectivity index (χ3n) is 4.06. The number of methoxy groups -OCH3 is 2. The van der Waals surface area contributed by atoms with Gasteiger partial charge in [-0.1, -0.05) is 6.07 Å². The van der Waals surface area contributed by atoms with E-state index in [0.717, 1.165) is 42.9 Å². The Balaban J connectivity index is 2.02. The minimum atomic E-state index is 0.0116. The van der Waals surface area contributed by atoms with Crippen LogP contribution in [0.2, 0.25) is 0 Å². The Morgan fingerprint density at radius 1 is 1.33 bits per heavy atom. The van der Waals surface area contributed by atoms with Crippen LogP contribution in [0.1, 0.15) is 43.7 Å². The molecule has 0 bridgehead atoms. The zero-order chi connectivity index (χ0) is 15.1. The number of hydrogen-bond acceptors (Lipinski definition) is 5. The molecule has 0 saturated carbocycles. The van der Waals surface area contributed by atoms with Gasteiger partial charge in [-0.25, -0.2) is 0 Å². The normalized spacial score (nSPS) is 19.5. The standard InChI is InChI=1S/C16H26N2O3/c1-19-14-9-4-10-15(20-2)16(14)13(18-17)8-3-6-12-7-5-11-21-12/h4,9-10,12-13,18H,3,5-8,11,17H2,1-2H3. The summed E-state index contributed by atoms with van der Waals surface area (Å²) in [6, 6.07) is 5.79. The van der Waals surface area contributed by atoms with Gasteiger partial charge in [0.1, 0.15) is 11.5 Å². The van der Waals surface area contributed by atoms with Gasteiger partial charge in [0, 0.05) is 6.61 Å². The molecule has 0 aromatic heterocycles. The van der Waals surface area contributed by atoms with E-state index in [1.165, 1.54) is 12.8 Å². The van der Waals surface area contributed by atoms with Crippen LogP contribution in [0.5, 0.6) is 11.5 Å². The molecule has 2 unspecified atom stereocenters. The largest absolute Gasteiger partial charge is 0.496 e. The Morgan fingerprint density at radius 3 is 2.57 bits per heavy atom. The minimum Gasteiger partial charge on any atom is -0.496 e. The number of nitrogens with two attached hydrogens (primary N) is 1. The van der Waals surface area contributed by atoms with E-state index in [0.29, 0.717) is 6.10 Å². The predicted molar refractivity (Wildman–Crippen MR) is 82.4 cm³/mol. The first kappa shape index (κ1) is 16.1. The zero-order valence-electron chi connectivity index (χ0n) is 12.9. The topological polar surface area (TPSA) is 65.7 Å². The molecule has 3 N–H and O–H groups in total. The second-order valence-electron chi connectivity index (χ2n) is 5.36. The lowest BCUT2D eigenvalue weighted by atomic mass is 9.98. The fourth-order valence-corrected chi connectivity index (χ4v) is 2.96. The van der Waals surface area contributed by atoms with Crippen LogP contribution >= 0.6 is 0 Å². The quantitative estimate of drug-likeness (QED) is 0.570. The third-order valence-corrected chi connectivity index (χ3v) is 4.06. The van der Waals surface area contributed by atoms with Crippen LogP contribution in [-0.4, -0.2) is 26.9 Å². The molecule has 1 saturated heterocycles. The highest BCUT2D eigenvalue weighted by atomic mass is 16.5. The molecule has 1 fully saturated rings. The monoisotopic (exact) mass is 294 g/mol. The van der Waals surface area contributed by atoms with Crippen molar-refractivity contribution in [3.63, 3.8) is 0 Å². The molecule has 0 amide bonds. The Kier molecular flexibility index (Phi) is 6.29. The first-order valence-corrected chi connectivity index (χ1v) is 7.58. The molecule has 1 aliphatic heterocycles. The molecule has 21 heavy (non-hydrogen) atoms. The molecule has 5 nitrogen and oxygen atoms in total. The van der Waals surface area contributed by atoms with Crippen LogP contribution in [0.15, 0.2) is 18.2 Å². The maximum Gasteiger partial charge on any atom is 0.127 e. The van der Waals surface area contributed by atoms with Gasteiger partial charge in [-0.05, 0) is 44.2 Å². The first-order valence-electron chi connectivity index (χ1n) is 7.58. The van der Waals surface area contributed by atoms with E-state index in [9.17, 15) is 0 Å². The van der Waals surface area contributed by atoms with E-state index in [-0.39, 0.29) is 6.04 Å². The lowest BCUT2D eigenvalue weighted by molar-refractivity contribution is 0.101. The Morgan fingerprint density at radius 2 is 2.05 bits per heavy atom. The van der Waals surface area contributed by atoms with Crippen LogP contribution in [0, 0.1) is 0 Å². The molecule has 1 aromatic carbocycles. The smallest absolute Gasteiger partial charge is 0.127 e. The van der Waals surface area contributed by atoms with Crippen molar-refractivity contribution in [3.05, 3.63) is 23.8 Å². The molecular weight excluding hydrogens is 268 g/mol. The van der Waals surface area contributed by atoms with E-state index in [2.05, 4.69) is 5.43 Å². The summed E-state index contributed by atoms with van der Waals surface area (Å²) in [4.78, 5) is 0. The molecule has 0 radical (unpaired) electrons. The second-order valence-corrected chi connectivity index (χ2v) is 5.36. The molecule has 0 spiro atoms. The summed E-state index contributed by atoms with van der Waals surface area (Å²) >= 11 is 0. The van der Waals surface area contributed by atoms with E-state index < -0.39 is 0 Å². The fraction of sp³-hybridized carbons (Fsp3) is 0.625. The van der Waals surface area contributed by atoms with Crippen LogP contribution < -0.4 is 20.7 Å². The molecule has 1 aliphatic rings. The van der Waals surface area contributed by atoms with Crippen molar-refractivity contribution in [1.82, 2.24) is 5.43 Å². The SMILES string of the molecule is COc1cccc(OC)c1C(CCCC1CCCO1)NN. The summed E-state index contributed by atoms with van der Waals surface area (Å²) in [5.41, 5.74) is 3.88. The molecular formula is C16H26N2O3. The van der Waals surface area contributed by atoms with Gasteiger partial charge in [0.05, 0.1) is 31.9 Å². The van der Waals surface area contributed by atoms with Gasteiger partial charge in [0.2, 0.25) is 0 Å². The van der Waals surface area contributed by atoms with Gasteiger partial charge >= 0.3 is 0 Å². The Hall–Kier alpha value is -1.30. The Labute approximate surface area is 126 Å². The molecule has 5 heteroatoms. The Bertz CT molecular complexity index is 411. The third kappa shape index (κ3) is 4.09. The minimum absolute atomic E-state index is 0.0116. The first-order chi connectivity index (χ1) is 10.3. The van der Waals surface area contributed by atoms with E-state index >= 15 is 0 Å². The van der Waals surface area contributed by atoms with E-state index in [1.807, 2.05) is 18.2 Å².